The van der Waals surface area contributed by atoms with Crippen molar-refractivity contribution in [3.63, 3.8) is 0 Å². The van der Waals surface area contributed by atoms with Crippen molar-refractivity contribution >= 4 is 27.7 Å². The second-order valence-corrected chi connectivity index (χ2v) is 9.22. The molecule has 0 radical (unpaired) electrons. The molecule has 4 nitrogen and oxygen atoms in total. The third-order valence-electron chi connectivity index (χ3n) is 5.56. The third-order valence-corrected chi connectivity index (χ3v) is 6.09. The minimum Gasteiger partial charge on any atom is -0.354 e. The van der Waals surface area contributed by atoms with E-state index in [9.17, 15) is 9.59 Å². The van der Waals surface area contributed by atoms with Crippen LogP contribution in [0.4, 0.5) is 0 Å². The zero-order valence-electron chi connectivity index (χ0n) is 19.3. The Balaban J connectivity index is 1.93. The van der Waals surface area contributed by atoms with Gasteiger partial charge in [0.15, 0.2) is 0 Å². The summed E-state index contributed by atoms with van der Waals surface area (Å²) in [7, 11) is 0. The molecule has 3 aromatic rings. The first-order valence-electron chi connectivity index (χ1n) is 11.4. The van der Waals surface area contributed by atoms with Crippen LogP contribution >= 0.6 is 15.9 Å². The lowest BCUT2D eigenvalue weighted by Gasteiger charge is -2.31. The van der Waals surface area contributed by atoms with E-state index in [2.05, 4.69) is 21.2 Å². The zero-order chi connectivity index (χ0) is 23.6. The van der Waals surface area contributed by atoms with E-state index < -0.39 is 6.04 Å². The smallest absolute Gasteiger partial charge is 0.243 e. The predicted molar refractivity (Wildman–Crippen MR) is 137 cm³/mol. The predicted octanol–water partition coefficient (Wildman–Crippen LogP) is 5.47. The molecule has 0 saturated heterocycles. The summed E-state index contributed by atoms with van der Waals surface area (Å²) in [5.74, 6) is -0.176. The van der Waals surface area contributed by atoms with Crippen LogP contribution in [-0.4, -0.2) is 29.3 Å². The minimum absolute atomic E-state index is 0.0608. The van der Waals surface area contributed by atoms with Crippen LogP contribution in [0, 0.1) is 6.92 Å². The lowest BCUT2D eigenvalue weighted by Crippen LogP contribution is -2.51. The first-order valence-corrected chi connectivity index (χ1v) is 12.2. The molecule has 0 heterocycles. The Kier molecular flexibility index (Phi) is 9.25. The van der Waals surface area contributed by atoms with E-state index in [0.29, 0.717) is 19.5 Å². The number of nitrogens with one attached hydrogen (secondary N) is 1. The van der Waals surface area contributed by atoms with E-state index in [1.807, 2.05) is 92.7 Å². The van der Waals surface area contributed by atoms with Crippen molar-refractivity contribution in [1.29, 1.82) is 0 Å². The molecule has 2 amide bonds. The molecule has 0 fully saturated rings. The van der Waals surface area contributed by atoms with Gasteiger partial charge in [-0.15, -0.1) is 0 Å². The van der Waals surface area contributed by atoms with E-state index >= 15 is 0 Å². The van der Waals surface area contributed by atoms with Crippen molar-refractivity contribution in [2.75, 3.05) is 6.54 Å². The van der Waals surface area contributed by atoms with Gasteiger partial charge < -0.3 is 10.2 Å². The van der Waals surface area contributed by atoms with Gasteiger partial charge in [0.1, 0.15) is 6.04 Å². The number of rotatable bonds is 10. The number of amides is 2. The minimum atomic E-state index is -0.597. The molecular weight excluding hydrogens is 476 g/mol. The Morgan fingerprint density at radius 3 is 2.15 bits per heavy atom. The van der Waals surface area contributed by atoms with Crippen LogP contribution in [-0.2, 0) is 29.0 Å². The Bertz CT molecular complexity index is 1030. The molecule has 0 saturated carbocycles. The highest BCUT2D eigenvalue weighted by atomic mass is 79.9. The van der Waals surface area contributed by atoms with Crippen molar-refractivity contribution in [1.82, 2.24) is 10.2 Å². The summed E-state index contributed by atoms with van der Waals surface area (Å²) in [5, 5.41) is 3.01. The molecule has 0 bridgehead atoms. The molecule has 3 aromatic carbocycles. The fourth-order valence-corrected chi connectivity index (χ4v) is 3.95. The van der Waals surface area contributed by atoms with Crippen LogP contribution in [0.15, 0.2) is 83.3 Å². The van der Waals surface area contributed by atoms with Crippen LogP contribution in [0.2, 0.25) is 0 Å². The molecule has 0 spiro atoms. The standard InChI is InChI=1S/C28H31BrN2O2/c1-3-17-30-28(33)26(18-22-7-5-4-6-8-22)31(20-24-13-15-25(29)16-14-24)27(32)19-23-11-9-21(2)10-12-23/h4-16,26H,3,17-20H2,1-2H3,(H,30,33)/t26-/m1/s1. The van der Waals surface area contributed by atoms with Gasteiger partial charge in [0.2, 0.25) is 11.8 Å². The van der Waals surface area contributed by atoms with Gasteiger partial charge in [-0.05, 0) is 42.2 Å². The molecule has 5 heteroatoms. The van der Waals surface area contributed by atoms with Crippen LogP contribution in [0.5, 0.6) is 0 Å². The number of aryl methyl sites for hydroxylation is 1. The molecule has 0 unspecified atom stereocenters. The van der Waals surface area contributed by atoms with Crippen molar-refractivity contribution in [2.45, 2.75) is 45.7 Å². The molecule has 0 aliphatic rings. The van der Waals surface area contributed by atoms with Crippen molar-refractivity contribution in [3.8, 4) is 0 Å². The molecule has 33 heavy (non-hydrogen) atoms. The topological polar surface area (TPSA) is 49.4 Å². The van der Waals surface area contributed by atoms with Gasteiger partial charge >= 0.3 is 0 Å². The van der Waals surface area contributed by atoms with Gasteiger partial charge in [-0.2, -0.15) is 0 Å². The Morgan fingerprint density at radius 1 is 0.879 bits per heavy atom. The summed E-state index contributed by atoms with van der Waals surface area (Å²) in [4.78, 5) is 28.6. The number of hydrogen-bond donors (Lipinski definition) is 1. The van der Waals surface area contributed by atoms with E-state index in [0.717, 1.165) is 33.1 Å². The zero-order valence-corrected chi connectivity index (χ0v) is 20.8. The second kappa shape index (κ2) is 12.4. The lowest BCUT2D eigenvalue weighted by atomic mass is 10.0. The summed E-state index contributed by atoms with van der Waals surface area (Å²) >= 11 is 3.47. The SMILES string of the molecule is CCCNC(=O)[C@@H](Cc1ccccc1)N(Cc1ccc(Br)cc1)C(=O)Cc1ccc(C)cc1. The lowest BCUT2D eigenvalue weighted by molar-refractivity contribution is -0.140. The number of carbonyl (C=O) groups is 2. The summed E-state index contributed by atoms with van der Waals surface area (Å²) in [5.41, 5.74) is 4.10. The maximum Gasteiger partial charge on any atom is 0.243 e. The van der Waals surface area contributed by atoms with Gasteiger partial charge in [0.05, 0.1) is 6.42 Å². The highest BCUT2D eigenvalue weighted by Crippen LogP contribution is 2.18. The average Bonchev–Trinajstić information content (AvgIpc) is 2.83. The highest BCUT2D eigenvalue weighted by Gasteiger charge is 2.30. The first-order chi connectivity index (χ1) is 16.0. The molecule has 0 aromatic heterocycles. The maximum absolute atomic E-state index is 13.6. The number of nitrogens with zero attached hydrogens (tertiary/aromatic N) is 1. The molecule has 0 aliphatic carbocycles. The van der Waals surface area contributed by atoms with Crippen LogP contribution in [0.3, 0.4) is 0 Å². The van der Waals surface area contributed by atoms with Crippen LogP contribution < -0.4 is 5.32 Å². The quantitative estimate of drug-likeness (QED) is 0.396. The summed E-state index contributed by atoms with van der Waals surface area (Å²) < 4.78 is 0.977. The molecule has 3 rings (SSSR count). The van der Waals surface area contributed by atoms with Gasteiger partial charge in [-0.3, -0.25) is 9.59 Å². The van der Waals surface area contributed by atoms with E-state index in [1.165, 1.54) is 0 Å². The Labute approximate surface area is 205 Å². The molecule has 172 valence electrons. The summed E-state index contributed by atoms with van der Waals surface area (Å²) in [6, 6.07) is 25.2. The van der Waals surface area contributed by atoms with Crippen LogP contribution in [0.1, 0.15) is 35.6 Å². The largest absolute Gasteiger partial charge is 0.354 e. The molecule has 1 atom stereocenters. The molecule has 1 N–H and O–H groups in total. The van der Waals surface area contributed by atoms with Crippen LogP contribution in [0.25, 0.3) is 0 Å². The fraction of sp³-hybridized carbons (Fsp3) is 0.286. The van der Waals surface area contributed by atoms with Crippen molar-refractivity contribution < 1.29 is 9.59 Å². The van der Waals surface area contributed by atoms with E-state index in [-0.39, 0.29) is 18.2 Å². The molecule has 0 aliphatic heterocycles. The fourth-order valence-electron chi connectivity index (χ4n) is 3.69. The Hall–Kier alpha value is -2.92. The molecular formula is C28H31BrN2O2. The summed E-state index contributed by atoms with van der Waals surface area (Å²) in [6.07, 6.45) is 1.56. The average molecular weight is 507 g/mol. The van der Waals surface area contributed by atoms with E-state index in [4.69, 9.17) is 0 Å². The van der Waals surface area contributed by atoms with Gasteiger partial charge in [0, 0.05) is 24.0 Å². The monoisotopic (exact) mass is 506 g/mol. The third kappa shape index (κ3) is 7.57. The normalized spacial score (nSPS) is 11.6. The maximum atomic E-state index is 13.6. The number of benzene rings is 3. The number of carbonyl (C=O) groups excluding carboxylic acids is 2. The van der Waals surface area contributed by atoms with Crippen molar-refractivity contribution in [2.24, 2.45) is 0 Å². The second-order valence-electron chi connectivity index (χ2n) is 8.31. The summed E-state index contributed by atoms with van der Waals surface area (Å²) in [6.45, 7) is 5.01. The first kappa shape index (κ1) is 24.7. The number of halogens is 1. The number of hydrogen-bond acceptors (Lipinski definition) is 2. The van der Waals surface area contributed by atoms with Gasteiger partial charge in [-0.25, -0.2) is 0 Å². The van der Waals surface area contributed by atoms with E-state index in [1.54, 1.807) is 4.90 Å². The van der Waals surface area contributed by atoms with Gasteiger partial charge in [-0.1, -0.05) is 95.1 Å². The van der Waals surface area contributed by atoms with Crippen molar-refractivity contribution in [3.05, 3.63) is 106 Å². The van der Waals surface area contributed by atoms with Gasteiger partial charge in [0.25, 0.3) is 0 Å². The highest BCUT2D eigenvalue weighted by molar-refractivity contribution is 9.10. The Morgan fingerprint density at radius 2 is 1.52 bits per heavy atom.